The lowest BCUT2D eigenvalue weighted by Gasteiger charge is -2.17. The summed E-state index contributed by atoms with van der Waals surface area (Å²) in [5.74, 6) is 1.77. The van der Waals surface area contributed by atoms with Crippen LogP contribution in [0, 0.1) is 0 Å². The summed E-state index contributed by atoms with van der Waals surface area (Å²) < 4.78 is 7.36. The lowest BCUT2D eigenvalue weighted by molar-refractivity contribution is 1.06. The van der Waals surface area contributed by atoms with Crippen LogP contribution in [-0.2, 0) is 0 Å². The Kier molecular flexibility index (Phi) is 9.78. The predicted octanol–water partition coefficient (Wildman–Crippen LogP) is 17.5. The summed E-state index contributed by atoms with van der Waals surface area (Å²) in [6, 6.07) is 95.2. The first-order chi connectivity index (χ1) is 37.2. The highest BCUT2D eigenvalue weighted by Gasteiger charge is 2.26. The molecule has 0 aliphatic carbocycles. The van der Waals surface area contributed by atoms with Gasteiger partial charge in [0, 0.05) is 49.0 Å². The van der Waals surface area contributed by atoms with Crippen molar-refractivity contribution in [2.24, 2.45) is 0 Å². The molecule has 0 saturated heterocycles. The van der Waals surface area contributed by atoms with Gasteiger partial charge >= 0.3 is 0 Å². The SMILES string of the molecule is c1ccc(-c2ccc(-c3nc(-c4ccc(-c5ccccc5)cc4)nc(-c4ccccc4-n4c5cccc(-n6c7ccccc7c7ccccc76)c5c5cccc(-n6c7ccccc7c7ccccc76)c54)n3)cc2)cc1. The van der Waals surface area contributed by atoms with Crippen LogP contribution >= 0.6 is 0 Å². The van der Waals surface area contributed by atoms with E-state index in [2.05, 4.69) is 268 Å². The van der Waals surface area contributed by atoms with Gasteiger partial charge in [0.2, 0.25) is 0 Å². The predicted molar refractivity (Wildman–Crippen MR) is 310 cm³/mol. The van der Waals surface area contributed by atoms with Gasteiger partial charge in [-0.2, -0.15) is 0 Å². The molecule has 0 amide bonds. The van der Waals surface area contributed by atoms with Crippen LogP contribution in [0.2, 0.25) is 0 Å². The monoisotopic (exact) mass is 956 g/mol. The number of nitrogens with zero attached hydrogens (tertiary/aromatic N) is 6. The van der Waals surface area contributed by atoms with Gasteiger partial charge in [-0.3, -0.25) is 0 Å². The molecule has 15 rings (SSSR count). The van der Waals surface area contributed by atoms with E-state index in [1.165, 1.54) is 21.5 Å². The molecule has 0 N–H and O–H groups in total. The number of para-hydroxylation sites is 6. The molecule has 0 atom stereocenters. The normalized spacial score (nSPS) is 11.7. The van der Waals surface area contributed by atoms with Crippen molar-refractivity contribution in [2.45, 2.75) is 0 Å². The van der Waals surface area contributed by atoms with Gasteiger partial charge in [0.25, 0.3) is 0 Å². The Hall–Kier alpha value is -10.2. The zero-order chi connectivity index (χ0) is 49.4. The molecule has 0 radical (unpaired) electrons. The van der Waals surface area contributed by atoms with E-state index in [9.17, 15) is 0 Å². The zero-order valence-electron chi connectivity index (χ0n) is 40.6. The molecule has 0 fully saturated rings. The van der Waals surface area contributed by atoms with Crippen LogP contribution in [0.5, 0.6) is 0 Å². The third-order valence-electron chi connectivity index (χ3n) is 14.9. The summed E-state index contributed by atoms with van der Waals surface area (Å²) >= 11 is 0. The van der Waals surface area contributed by atoms with Crippen LogP contribution in [0.4, 0.5) is 0 Å². The summed E-state index contributed by atoms with van der Waals surface area (Å²) in [4.78, 5) is 16.1. The van der Waals surface area contributed by atoms with Crippen LogP contribution in [0.15, 0.2) is 267 Å². The quantitative estimate of drug-likeness (QED) is 0.152. The van der Waals surface area contributed by atoms with Crippen LogP contribution in [0.1, 0.15) is 0 Å². The largest absolute Gasteiger partial charge is 0.309 e. The molecular weight excluding hydrogens is 913 g/mol. The second-order valence-corrected chi connectivity index (χ2v) is 19.1. The van der Waals surface area contributed by atoms with Crippen molar-refractivity contribution >= 4 is 65.4 Å². The average Bonchev–Trinajstić information content (AvgIpc) is 4.18. The van der Waals surface area contributed by atoms with Crippen LogP contribution in [0.25, 0.3) is 139 Å². The highest BCUT2D eigenvalue weighted by molar-refractivity contribution is 6.19. The minimum atomic E-state index is 0.577. The minimum absolute atomic E-state index is 0.577. The fourth-order valence-electron chi connectivity index (χ4n) is 11.6. The lowest BCUT2D eigenvalue weighted by atomic mass is 10.0. The van der Waals surface area contributed by atoms with Crippen molar-refractivity contribution < 1.29 is 0 Å². The van der Waals surface area contributed by atoms with E-state index in [-0.39, 0.29) is 0 Å². The number of benzene rings is 11. The van der Waals surface area contributed by atoms with Crippen molar-refractivity contribution in [2.75, 3.05) is 0 Å². The number of fused-ring (bicyclic) bond motifs is 9. The van der Waals surface area contributed by atoms with Gasteiger partial charge in [0.05, 0.1) is 50.2 Å². The molecule has 0 unspecified atom stereocenters. The smallest absolute Gasteiger partial charge is 0.166 e. The summed E-state index contributed by atoms with van der Waals surface area (Å²) in [5.41, 5.74) is 17.1. The van der Waals surface area contributed by atoms with Gasteiger partial charge < -0.3 is 13.7 Å². The van der Waals surface area contributed by atoms with Gasteiger partial charge in [0.15, 0.2) is 17.5 Å². The van der Waals surface area contributed by atoms with Crippen LogP contribution in [0.3, 0.4) is 0 Å². The Bertz CT molecular complexity index is 4470. The zero-order valence-corrected chi connectivity index (χ0v) is 40.6. The Balaban J connectivity index is 1.02. The molecule has 11 aromatic carbocycles. The molecule has 0 aliphatic rings. The Labute approximate surface area is 432 Å². The average molecular weight is 957 g/mol. The van der Waals surface area contributed by atoms with Crippen LogP contribution < -0.4 is 0 Å². The second kappa shape index (κ2) is 17.3. The van der Waals surface area contributed by atoms with Gasteiger partial charge in [-0.1, -0.05) is 212 Å². The Morgan fingerprint density at radius 1 is 0.213 bits per heavy atom. The number of rotatable bonds is 8. The molecule has 4 aromatic heterocycles. The Morgan fingerprint density at radius 3 is 1.08 bits per heavy atom. The van der Waals surface area contributed by atoms with E-state index in [1.807, 2.05) is 12.1 Å². The highest BCUT2D eigenvalue weighted by atomic mass is 15.1. The molecular formula is C69H44N6. The maximum atomic E-state index is 5.43. The molecule has 350 valence electrons. The third kappa shape index (κ3) is 6.84. The van der Waals surface area contributed by atoms with Crippen molar-refractivity contribution in [1.82, 2.24) is 28.7 Å². The molecule has 15 aromatic rings. The first-order valence-electron chi connectivity index (χ1n) is 25.4. The summed E-state index contributed by atoms with van der Waals surface area (Å²) in [7, 11) is 0. The van der Waals surface area contributed by atoms with E-state index in [1.54, 1.807) is 0 Å². The van der Waals surface area contributed by atoms with Crippen molar-refractivity contribution in [3.8, 4) is 73.5 Å². The number of hydrogen-bond donors (Lipinski definition) is 0. The van der Waals surface area contributed by atoms with Crippen molar-refractivity contribution in [3.63, 3.8) is 0 Å². The standard InChI is InChI=1S/C69H44N6/c1-3-19-45(20-4-1)47-37-41-49(42-38-47)67-70-68(50-43-39-48(40-44-50)46-21-5-2-6-22-46)72-69(71-67)55-27-11-16-33-61(55)75-63-35-18-34-62(73-57-29-12-7-23-51(57)52-24-8-13-30-58(52)73)65(63)56-28-17-36-64(66(56)75)74-59-31-14-9-25-53(59)54-26-10-15-32-60(54)74/h1-44H. The van der Waals surface area contributed by atoms with E-state index in [0.29, 0.717) is 17.5 Å². The van der Waals surface area contributed by atoms with E-state index in [0.717, 1.165) is 99.9 Å². The third-order valence-corrected chi connectivity index (χ3v) is 14.9. The fourth-order valence-corrected chi connectivity index (χ4v) is 11.6. The minimum Gasteiger partial charge on any atom is -0.309 e. The first-order valence-corrected chi connectivity index (χ1v) is 25.4. The van der Waals surface area contributed by atoms with Crippen LogP contribution in [-0.4, -0.2) is 28.7 Å². The van der Waals surface area contributed by atoms with Gasteiger partial charge in [0.1, 0.15) is 0 Å². The van der Waals surface area contributed by atoms with Gasteiger partial charge in [-0.05, 0) is 76.9 Å². The topological polar surface area (TPSA) is 53.5 Å². The van der Waals surface area contributed by atoms with Gasteiger partial charge in [-0.25, -0.2) is 15.0 Å². The summed E-state index contributed by atoms with van der Waals surface area (Å²) in [5, 5.41) is 7.12. The molecule has 0 bridgehead atoms. The van der Waals surface area contributed by atoms with Crippen molar-refractivity contribution in [1.29, 1.82) is 0 Å². The molecule has 0 aliphatic heterocycles. The highest BCUT2D eigenvalue weighted by Crippen LogP contribution is 2.45. The number of hydrogen-bond acceptors (Lipinski definition) is 3. The molecule has 6 nitrogen and oxygen atoms in total. The first kappa shape index (κ1) is 42.5. The summed E-state index contributed by atoms with van der Waals surface area (Å²) in [6.45, 7) is 0. The molecule has 6 heteroatoms. The molecule has 75 heavy (non-hydrogen) atoms. The van der Waals surface area contributed by atoms with Crippen molar-refractivity contribution in [3.05, 3.63) is 267 Å². The maximum Gasteiger partial charge on any atom is 0.166 e. The van der Waals surface area contributed by atoms with E-state index >= 15 is 0 Å². The molecule has 4 heterocycles. The fraction of sp³-hybridized carbons (Fsp3) is 0. The maximum absolute atomic E-state index is 5.43. The summed E-state index contributed by atoms with van der Waals surface area (Å²) in [6.07, 6.45) is 0. The number of aromatic nitrogens is 6. The van der Waals surface area contributed by atoms with E-state index in [4.69, 9.17) is 15.0 Å². The lowest BCUT2D eigenvalue weighted by Crippen LogP contribution is -2.05. The van der Waals surface area contributed by atoms with Gasteiger partial charge in [-0.15, -0.1) is 0 Å². The Morgan fingerprint density at radius 2 is 0.560 bits per heavy atom. The second-order valence-electron chi connectivity index (χ2n) is 19.1. The molecule has 0 saturated carbocycles. The van der Waals surface area contributed by atoms with E-state index < -0.39 is 0 Å². The molecule has 0 spiro atoms.